The molecule has 1 fully saturated rings. The van der Waals surface area contributed by atoms with Gasteiger partial charge < -0.3 is 10.4 Å². The van der Waals surface area contributed by atoms with Gasteiger partial charge >= 0.3 is 0 Å². The predicted octanol–water partition coefficient (Wildman–Crippen LogP) is 1.06. The van der Waals surface area contributed by atoms with Crippen molar-refractivity contribution in [1.82, 2.24) is 4.90 Å². The molecule has 0 atom stereocenters. The number of halogens is 2. The molecular weight excluding hydrogens is 173 g/mol. The zero-order chi connectivity index (χ0) is 6.69. The van der Waals surface area contributed by atoms with Gasteiger partial charge in [-0.05, 0) is 25.9 Å². The van der Waals surface area contributed by atoms with Crippen LogP contribution in [0.4, 0.5) is 0 Å². The summed E-state index contributed by atoms with van der Waals surface area (Å²) in [5, 5.41) is 0. The van der Waals surface area contributed by atoms with Gasteiger partial charge in [0, 0.05) is 6.54 Å². The van der Waals surface area contributed by atoms with E-state index in [1.807, 2.05) is 0 Å². The lowest BCUT2D eigenvalue weighted by Crippen LogP contribution is -2.24. The summed E-state index contributed by atoms with van der Waals surface area (Å²) in [6.45, 7) is 3.19. The second-order valence-electron chi connectivity index (χ2n) is 2.40. The highest BCUT2D eigenvalue weighted by Crippen LogP contribution is 2.11. The van der Waals surface area contributed by atoms with Gasteiger partial charge in [0.05, 0.1) is 0 Å². The molecule has 1 aliphatic heterocycles. The highest BCUT2D eigenvalue weighted by Gasteiger charge is 2.13. The first kappa shape index (κ1) is 10.5. The number of nitrogens with zero attached hydrogens (tertiary/aromatic N) is 1. The fraction of sp³-hybridized carbons (Fsp3) is 1.00. The van der Waals surface area contributed by atoms with Gasteiger partial charge in [-0.25, -0.2) is 0 Å². The number of hydrogen-bond acceptors (Lipinski definition) is 1. The van der Waals surface area contributed by atoms with Crippen LogP contribution in [0.3, 0.4) is 0 Å². The molecule has 2 N–H and O–H groups in total. The van der Waals surface area contributed by atoms with E-state index in [1.165, 1.54) is 25.9 Å². The molecule has 10 heavy (non-hydrogen) atoms. The zero-order valence-corrected chi connectivity index (χ0v) is 7.33. The summed E-state index contributed by atoms with van der Waals surface area (Å²) in [5.74, 6) is 0. The van der Waals surface area contributed by atoms with Gasteiger partial charge in [0.15, 0.2) is 0 Å². The topological polar surface area (TPSA) is 34.7 Å². The quantitative estimate of drug-likeness (QED) is 0.594. The summed E-state index contributed by atoms with van der Waals surface area (Å²) in [5.41, 5.74) is 0. The molecule has 2 nitrogen and oxygen atoms in total. The first-order valence-electron chi connectivity index (χ1n) is 3.29. The van der Waals surface area contributed by atoms with Gasteiger partial charge in [-0.15, -0.1) is 23.2 Å². The Morgan fingerprint density at radius 3 is 2.10 bits per heavy atom. The molecule has 0 aromatic rings. The summed E-state index contributed by atoms with van der Waals surface area (Å²) in [6, 6.07) is 0. The fourth-order valence-corrected chi connectivity index (χ4v) is 1.55. The Morgan fingerprint density at radius 2 is 1.70 bits per heavy atom. The molecule has 62 valence electrons. The smallest absolute Gasteiger partial charge is 0.120 e. The van der Waals surface area contributed by atoms with Crippen LogP contribution in [0.25, 0.3) is 0 Å². The average molecular weight is 186 g/mol. The summed E-state index contributed by atoms with van der Waals surface area (Å²) < 4.78 is 0. The van der Waals surface area contributed by atoms with Crippen molar-refractivity contribution in [1.29, 1.82) is 0 Å². The molecule has 0 spiro atoms. The molecule has 1 rings (SSSR count). The van der Waals surface area contributed by atoms with Crippen molar-refractivity contribution >= 4 is 23.2 Å². The van der Waals surface area contributed by atoms with E-state index in [9.17, 15) is 0 Å². The summed E-state index contributed by atoms with van der Waals surface area (Å²) in [7, 11) is 0. The minimum Gasteiger partial charge on any atom is -0.412 e. The SMILES string of the molecule is ClC(Cl)CN1CCCC1.O. The molecule has 0 saturated carbocycles. The van der Waals surface area contributed by atoms with Crippen LogP contribution >= 0.6 is 23.2 Å². The Bertz CT molecular complexity index is 83.8. The van der Waals surface area contributed by atoms with Gasteiger partial charge in [-0.3, -0.25) is 0 Å². The van der Waals surface area contributed by atoms with Crippen molar-refractivity contribution in [2.24, 2.45) is 0 Å². The maximum absolute atomic E-state index is 5.58. The van der Waals surface area contributed by atoms with E-state index in [1.54, 1.807) is 0 Å². The van der Waals surface area contributed by atoms with Crippen LogP contribution in [0.2, 0.25) is 0 Å². The highest BCUT2D eigenvalue weighted by atomic mass is 35.5. The lowest BCUT2D eigenvalue weighted by Gasteiger charge is -2.13. The number of rotatable bonds is 2. The Hall–Kier alpha value is 0.500. The van der Waals surface area contributed by atoms with Gasteiger partial charge in [-0.2, -0.15) is 0 Å². The molecule has 0 bridgehead atoms. The first-order chi connectivity index (χ1) is 4.29. The van der Waals surface area contributed by atoms with Crippen LogP contribution in [-0.4, -0.2) is 34.8 Å². The normalized spacial score (nSPS) is 19.5. The molecule has 1 saturated heterocycles. The van der Waals surface area contributed by atoms with E-state index < -0.39 is 0 Å². The number of likely N-dealkylation sites (tertiary alicyclic amines) is 1. The van der Waals surface area contributed by atoms with E-state index in [0.29, 0.717) is 0 Å². The Balaban J connectivity index is 0.000000810. The molecule has 1 heterocycles. The van der Waals surface area contributed by atoms with Crippen molar-refractivity contribution in [3.63, 3.8) is 0 Å². The standard InChI is InChI=1S/C6H11Cl2N.H2O/c7-6(8)5-9-3-1-2-4-9;/h6H,1-5H2;1H2. The summed E-state index contributed by atoms with van der Waals surface area (Å²) >= 11 is 11.2. The second kappa shape index (κ2) is 5.19. The van der Waals surface area contributed by atoms with Crippen LogP contribution in [0.1, 0.15) is 12.8 Å². The molecule has 4 heteroatoms. The maximum Gasteiger partial charge on any atom is 0.120 e. The number of alkyl halides is 2. The minimum atomic E-state index is -0.205. The van der Waals surface area contributed by atoms with Crippen molar-refractivity contribution in [3.8, 4) is 0 Å². The van der Waals surface area contributed by atoms with E-state index in [0.717, 1.165) is 6.54 Å². The van der Waals surface area contributed by atoms with Crippen molar-refractivity contribution in [3.05, 3.63) is 0 Å². The molecule has 0 amide bonds. The fourth-order valence-electron chi connectivity index (χ4n) is 1.16. The van der Waals surface area contributed by atoms with Crippen LogP contribution in [0, 0.1) is 0 Å². The Labute approximate surface area is 71.4 Å². The van der Waals surface area contributed by atoms with Crippen molar-refractivity contribution in [2.45, 2.75) is 17.7 Å². The van der Waals surface area contributed by atoms with Gasteiger partial charge in [0.1, 0.15) is 4.84 Å². The molecule has 0 unspecified atom stereocenters. The second-order valence-corrected chi connectivity index (χ2v) is 3.68. The van der Waals surface area contributed by atoms with E-state index in [2.05, 4.69) is 4.90 Å². The molecule has 0 aliphatic carbocycles. The molecule has 0 aromatic heterocycles. The van der Waals surface area contributed by atoms with E-state index >= 15 is 0 Å². The third-order valence-corrected chi connectivity index (χ3v) is 1.87. The largest absolute Gasteiger partial charge is 0.412 e. The van der Waals surface area contributed by atoms with Crippen LogP contribution in [0.5, 0.6) is 0 Å². The third-order valence-electron chi connectivity index (χ3n) is 1.59. The minimum absolute atomic E-state index is 0. The predicted molar refractivity (Wildman–Crippen MR) is 44.8 cm³/mol. The molecular formula is C6H13Cl2NO. The van der Waals surface area contributed by atoms with Gasteiger partial charge in [0.25, 0.3) is 0 Å². The highest BCUT2D eigenvalue weighted by molar-refractivity contribution is 6.44. The van der Waals surface area contributed by atoms with Crippen molar-refractivity contribution in [2.75, 3.05) is 19.6 Å². The summed E-state index contributed by atoms with van der Waals surface area (Å²) in [4.78, 5) is 2.09. The number of hydrogen-bond donors (Lipinski definition) is 0. The first-order valence-corrected chi connectivity index (χ1v) is 4.17. The van der Waals surface area contributed by atoms with E-state index in [-0.39, 0.29) is 10.3 Å². The summed E-state index contributed by atoms with van der Waals surface area (Å²) in [6.07, 6.45) is 2.61. The van der Waals surface area contributed by atoms with E-state index in [4.69, 9.17) is 23.2 Å². The monoisotopic (exact) mass is 185 g/mol. The van der Waals surface area contributed by atoms with Crippen LogP contribution < -0.4 is 0 Å². The third kappa shape index (κ3) is 3.62. The Morgan fingerprint density at radius 1 is 1.20 bits per heavy atom. The van der Waals surface area contributed by atoms with Gasteiger partial charge in [0.2, 0.25) is 0 Å². The molecule has 1 aliphatic rings. The lowest BCUT2D eigenvalue weighted by molar-refractivity contribution is 0.354. The van der Waals surface area contributed by atoms with Crippen molar-refractivity contribution < 1.29 is 5.48 Å². The maximum atomic E-state index is 5.58. The van der Waals surface area contributed by atoms with Crippen LogP contribution in [-0.2, 0) is 0 Å². The zero-order valence-electron chi connectivity index (χ0n) is 5.82. The van der Waals surface area contributed by atoms with Gasteiger partial charge in [-0.1, -0.05) is 0 Å². The van der Waals surface area contributed by atoms with Crippen LogP contribution in [0.15, 0.2) is 0 Å². The molecule has 0 radical (unpaired) electrons. The molecule has 0 aromatic carbocycles. The lowest BCUT2D eigenvalue weighted by atomic mass is 10.4. The average Bonchev–Trinajstić information content (AvgIpc) is 2.15. The Kier molecular flexibility index (Phi) is 5.45.